The topological polar surface area (TPSA) is 66.9 Å². The minimum atomic E-state index is -3.83. The molecule has 0 saturated carbocycles. The van der Waals surface area contributed by atoms with E-state index in [0.717, 1.165) is 5.56 Å². The first-order chi connectivity index (χ1) is 11.2. The Morgan fingerprint density at radius 3 is 2.58 bits per heavy atom. The number of alkyl halides is 1. The van der Waals surface area contributed by atoms with Crippen LogP contribution in [0.3, 0.4) is 0 Å². The van der Waals surface area contributed by atoms with Crippen LogP contribution in [0.25, 0.3) is 0 Å². The summed E-state index contributed by atoms with van der Waals surface area (Å²) in [4.78, 5) is 4.27. The van der Waals surface area contributed by atoms with Gasteiger partial charge in [0.1, 0.15) is 5.75 Å². The van der Waals surface area contributed by atoms with Crippen LogP contribution in [-0.2, 0) is 31.4 Å². The van der Waals surface area contributed by atoms with Crippen LogP contribution in [0.4, 0.5) is 4.39 Å². The quantitative estimate of drug-likeness (QED) is 0.680. The van der Waals surface area contributed by atoms with Crippen molar-refractivity contribution in [1.82, 2.24) is 4.98 Å². The number of nitrogens with zero attached hydrogens (tertiary/aromatic N) is 1. The van der Waals surface area contributed by atoms with Gasteiger partial charge in [0.25, 0.3) is 0 Å². The number of hydrogen-bond donors (Lipinski definition) is 0. The highest BCUT2D eigenvalue weighted by molar-refractivity contribution is 7.54. The average Bonchev–Trinajstić information content (AvgIpc) is 2.50. The van der Waals surface area contributed by atoms with E-state index in [1.807, 2.05) is 6.92 Å². The molecule has 0 bridgehead atoms. The number of aromatic nitrogens is 1. The van der Waals surface area contributed by atoms with Gasteiger partial charge in [0.15, 0.2) is 0 Å². The van der Waals surface area contributed by atoms with Gasteiger partial charge in [0.2, 0.25) is 11.7 Å². The van der Waals surface area contributed by atoms with Crippen molar-refractivity contribution in [3.63, 3.8) is 0 Å². The largest absolute Gasteiger partial charge is 0.461 e. The standard InChI is InChI=1S/C16H25FNO5P/c1-6-21-24(19,22-7-2)14(17)8-12-9-18-11(3)15-13(12)10-20-16(4,5)23-15/h9,14H,6-8,10H2,1-5H3. The van der Waals surface area contributed by atoms with E-state index in [0.29, 0.717) is 17.0 Å². The van der Waals surface area contributed by atoms with E-state index in [1.54, 1.807) is 33.9 Å². The summed E-state index contributed by atoms with van der Waals surface area (Å²) in [5.41, 5.74) is 2.01. The third-order valence-corrected chi connectivity index (χ3v) is 5.77. The number of ether oxygens (including phenoxy) is 2. The van der Waals surface area contributed by atoms with Crippen LogP contribution in [0, 0.1) is 6.92 Å². The number of fused-ring (bicyclic) bond motifs is 1. The van der Waals surface area contributed by atoms with Gasteiger partial charge < -0.3 is 18.5 Å². The molecular formula is C16H25FNO5P. The third kappa shape index (κ3) is 4.14. The van der Waals surface area contributed by atoms with E-state index >= 15 is 0 Å². The van der Waals surface area contributed by atoms with Gasteiger partial charge in [-0.05, 0) is 26.3 Å². The molecule has 0 N–H and O–H groups in total. The zero-order valence-electron chi connectivity index (χ0n) is 14.8. The van der Waals surface area contributed by atoms with E-state index < -0.39 is 19.3 Å². The summed E-state index contributed by atoms with van der Waals surface area (Å²) in [5, 5.41) is 0. The molecule has 0 radical (unpaired) electrons. The van der Waals surface area contributed by atoms with Crippen molar-refractivity contribution in [1.29, 1.82) is 0 Å². The molecule has 1 aliphatic heterocycles. The van der Waals surface area contributed by atoms with Crippen molar-refractivity contribution in [3.8, 4) is 5.75 Å². The predicted molar refractivity (Wildman–Crippen MR) is 87.9 cm³/mol. The number of rotatable bonds is 7. The van der Waals surface area contributed by atoms with Crippen molar-refractivity contribution in [3.05, 3.63) is 23.0 Å². The molecule has 1 atom stereocenters. The van der Waals surface area contributed by atoms with Crippen molar-refractivity contribution in [2.45, 2.75) is 59.3 Å². The lowest BCUT2D eigenvalue weighted by Gasteiger charge is -2.34. The number of hydrogen-bond acceptors (Lipinski definition) is 6. The van der Waals surface area contributed by atoms with Crippen LogP contribution in [0.1, 0.15) is 44.5 Å². The fraction of sp³-hybridized carbons (Fsp3) is 0.688. The van der Waals surface area contributed by atoms with Crippen molar-refractivity contribution in [2.24, 2.45) is 0 Å². The van der Waals surface area contributed by atoms with Gasteiger partial charge in [0.05, 0.1) is 25.5 Å². The first kappa shape index (κ1) is 19.3. The van der Waals surface area contributed by atoms with Crippen LogP contribution >= 0.6 is 7.60 Å². The molecule has 0 aromatic carbocycles. The SMILES string of the molecule is CCOP(=O)(OCC)C(F)Cc1cnc(C)c2c1COC(C)(C)O2. The van der Waals surface area contributed by atoms with Crippen LogP contribution in [0.5, 0.6) is 5.75 Å². The number of halogens is 1. The van der Waals surface area contributed by atoms with Crippen LogP contribution < -0.4 is 4.74 Å². The summed E-state index contributed by atoms with van der Waals surface area (Å²) >= 11 is 0. The number of aryl methyl sites for hydroxylation is 1. The van der Waals surface area contributed by atoms with Gasteiger partial charge in [-0.3, -0.25) is 9.55 Å². The second-order valence-corrected chi connectivity index (χ2v) is 8.14. The zero-order chi connectivity index (χ0) is 18.0. The molecule has 0 aliphatic carbocycles. The van der Waals surface area contributed by atoms with Crippen LogP contribution in [-0.4, -0.2) is 29.9 Å². The Kier molecular flexibility index (Phi) is 6.02. The van der Waals surface area contributed by atoms with Gasteiger partial charge in [0, 0.05) is 32.0 Å². The highest BCUT2D eigenvalue weighted by Gasteiger charge is 2.38. The Morgan fingerprint density at radius 2 is 2.00 bits per heavy atom. The van der Waals surface area contributed by atoms with E-state index in [4.69, 9.17) is 18.5 Å². The molecule has 1 unspecified atom stereocenters. The summed E-state index contributed by atoms with van der Waals surface area (Å²) in [5.74, 6) is -1.95. The van der Waals surface area contributed by atoms with Gasteiger partial charge in [-0.2, -0.15) is 0 Å². The van der Waals surface area contributed by atoms with Gasteiger partial charge in [-0.1, -0.05) is 0 Å². The molecular weight excluding hydrogens is 336 g/mol. The molecule has 24 heavy (non-hydrogen) atoms. The average molecular weight is 361 g/mol. The molecule has 1 aromatic rings. The molecule has 6 nitrogen and oxygen atoms in total. The first-order valence-corrected chi connectivity index (χ1v) is 9.66. The monoisotopic (exact) mass is 361 g/mol. The highest BCUT2D eigenvalue weighted by atomic mass is 31.2. The van der Waals surface area contributed by atoms with E-state index in [-0.39, 0.29) is 26.2 Å². The Labute approximate surface area is 142 Å². The second kappa shape index (κ2) is 7.48. The van der Waals surface area contributed by atoms with E-state index in [9.17, 15) is 8.96 Å². The van der Waals surface area contributed by atoms with Crippen molar-refractivity contribution >= 4 is 7.60 Å². The molecule has 0 spiro atoms. The third-order valence-electron chi connectivity index (χ3n) is 3.67. The normalized spacial score (nSPS) is 17.9. The van der Waals surface area contributed by atoms with E-state index in [1.165, 1.54) is 0 Å². The zero-order valence-corrected chi connectivity index (χ0v) is 15.7. The van der Waals surface area contributed by atoms with Gasteiger partial charge >= 0.3 is 7.60 Å². The second-order valence-electron chi connectivity index (χ2n) is 5.98. The maximum Gasteiger partial charge on any atom is 0.364 e. The Hall–Kier alpha value is -1.01. The lowest BCUT2D eigenvalue weighted by molar-refractivity contribution is -0.180. The Morgan fingerprint density at radius 1 is 1.38 bits per heavy atom. The van der Waals surface area contributed by atoms with Gasteiger partial charge in [-0.15, -0.1) is 0 Å². The Bertz CT molecular complexity index is 627. The van der Waals surface area contributed by atoms with Crippen molar-refractivity contribution in [2.75, 3.05) is 13.2 Å². The number of pyridine rings is 1. The molecule has 1 aliphatic rings. The molecule has 0 saturated heterocycles. The molecule has 2 heterocycles. The maximum absolute atomic E-state index is 14.7. The fourth-order valence-electron chi connectivity index (χ4n) is 2.52. The molecule has 0 fully saturated rings. The Balaban J connectivity index is 2.29. The molecule has 136 valence electrons. The van der Waals surface area contributed by atoms with Crippen LogP contribution in [0.15, 0.2) is 6.20 Å². The van der Waals surface area contributed by atoms with Crippen molar-refractivity contribution < 1.29 is 27.5 Å². The highest BCUT2D eigenvalue weighted by Crippen LogP contribution is 2.55. The summed E-state index contributed by atoms with van der Waals surface area (Å²) in [6, 6.07) is 0. The van der Waals surface area contributed by atoms with E-state index in [2.05, 4.69) is 4.98 Å². The lowest BCUT2D eigenvalue weighted by Crippen LogP contribution is -2.36. The molecule has 0 amide bonds. The fourth-order valence-corrected chi connectivity index (χ4v) is 4.06. The smallest absolute Gasteiger partial charge is 0.364 e. The lowest BCUT2D eigenvalue weighted by atomic mass is 10.0. The molecule has 2 rings (SSSR count). The molecule has 1 aromatic heterocycles. The summed E-state index contributed by atoms with van der Waals surface area (Å²) < 4.78 is 48.9. The minimum Gasteiger partial charge on any atom is -0.461 e. The van der Waals surface area contributed by atoms with Gasteiger partial charge in [-0.25, -0.2) is 4.39 Å². The summed E-state index contributed by atoms with van der Waals surface area (Å²) in [6.45, 7) is 9.24. The first-order valence-electron chi connectivity index (χ1n) is 8.05. The van der Waals surface area contributed by atoms with Crippen LogP contribution in [0.2, 0.25) is 0 Å². The predicted octanol–water partition coefficient (Wildman–Crippen LogP) is 4.14. The maximum atomic E-state index is 14.7. The minimum absolute atomic E-state index is 0.113. The summed E-state index contributed by atoms with van der Waals surface area (Å²) in [6.07, 6.45) is 1.42. The summed E-state index contributed by atoms with van der Waals surface area (Å²) in [7, 11) is -3.83. The molecule has 8 heteroatoms.